The van der Waals surface area contributed by atoms with Crippen LogP contribution in [0, 0.1) is 0 Å². The molecule has 2 fully saturated rings. The first-order valence-corrected chi connectivity index (χ1v) is 7.18. The third kappa shape index (κ3) is 5.41. The Bertz CT molecular complexity index is 322. The van der Waals surface area contributed by atoms with Gasteiger partial charge in [0.1, 0.15) is 0 Å². The van der Waals surface area contributed by atoms with Gasteiger partial charge in [0.15, 0.2) is 0 Å². The molecule has 2 unspecified atom stereocenters. The van der Waals surface area contributed by atoms with Crippen molar-refractivity contribution >= 4 is 11.8 Å². The van der Waals surface area contributed by atoms with Gasteiger partial charge in [-0.15, -0.1) is 0 Å². The highest BCUT2D eigenvalue weighted by Crippen LogP contribution is 2.07. The van der Waals surface area contributed by atoms with Crippen molar-refractivity contribution < 1.29 is 9.59 Å². The number of carbonyl (C=O) groups is 2. The number of unbranched alkanes of at least 4 members (excludes halogenated alkanes) is 1. The molecular formula is C12H24N6O2. The van der Waals surface area contributed by atoms with Crippen LogP contribution in [-0.2, 0) is 9.59 Å². The summed E-state index contributed by atoms with van der Waals surface area (Å²) < 4.78 is 0. The van der Waals surface area contributed by atoms with Gasteiger partial charge in [-0.05, 0) is 12.8 Å². The van der Waals surface area contributed by atoms with Gasteiger partial charge in [0, 0.05) is 26.2 Å². The number of hydrazine groups is 2. The molecule has 114 valence electrons. The van der Waals surface area contributed by atoms with Crippen LogP contribution < -0.4 is 22.3 Å². The largest absolute Gasteiger partial charge is 0.320 e. The Labute approximate surface area is 118 Å². The lowest BCUT2D eigenvalue weighted by Gasteiger charge is -2.14. The molecule has 2 saturated heterocycles. The molecule has 2 amide bonds. The monoisotopic (exact) mass is 284 g/mol. The number of nitrogens with zero attached hydrogens (tertiary/aromatic N) is 2. The van der Waals surface area contributed by atoms with Crippen molar-refractivity contribution in [2.24, 2.45) is 11.5 Å². The fourth-order valence-electron chi connectivity index (χ4n) is 1.79. The third-order valence-electron chi connectivity index (χ3n) is 3.38. The van der Waals surface area contributed by atoms with Gasteiger partial charge in [-0.1, -0.05) is 12.8 Å². The van der Waals surface area contributed by atoms with E-state index in [1.807, 2.05) is 10.0 Å². The van der Waals surface area contributed by atoms with Crippen LogP contribution in [0.4, 0.5) is 0 Å². The van der Waals surface area contributed by atoms with Gasteiger partial charge in [0.05, 0.1) is 12.1 Å². The summed E-state index contributed by atoms with van der Waals surface area (Å²) in [6.45, 7) is 3.61. The number of rotatable bonds is 9. The molecule has 0 spiro atoms. The minimum Gasteiger partial charge on any atom is -0.320 e. The lowest BCUT2D eigenvalue weighted by molar-refractivity contribution is -0.126. The summed E-state index contributed by atoms with van der Waals surface area (Å²) in [6, 6.07) is -0.976. The molecule has 8 heteroatoms. The van der Waals surface area contributed by atoms with Gasteiger partial charge < -0.3 is 11.5 Å². The predicted octanol–water partition coefficient (Wildman–Crippen LogP) is -2.10. The molecule has 2 rings (SSSR count). The number of amides is 2. The maximum Gasteiger partial charge on any atom is 0.251 e. The maximum atomic E-state index is 11.6. The van der Waals surface area contributed by atoms with Crippen molar-refractivity contribution in [2.45, 2.75) is 37.8 Å². The highest BCUT2D eigenvalue weighted by atomic mass is 16.2. The van der Waals surface area contributed by atoms with Crippen LogP contribution in [0.2, 0.25) is 0 Å². The second-order valence-corrected chi connectivity index (χ2v) is 5.42. The van der Waals surface area contributed by atoms with Crippen LogP contribution in [0.3, 0.4) is 0 Å². The molecule has 0 aromatic carbocycles. The number of carbonyl (C=O) groups excluding carboxylic acids is 2. The Morgan fingerprint density at radius 2 is 1.20 bits per heavy atom. The Kier molecular flexibility index (Phi) is 5.30. The summed E-state index contributed by atoms with van der Waals surface area (Å²) >= 11 is 0. The first kappa shape index (κ1) is 15.2. The SMILES string of the molecule is NC(CCCCC(N)C(=O)NN1CC1)C(=O)NN1CC1. The zero-order valence-corrected chi connectivity index (χ0v) is 11.7. The molecule has 2 aliphatic heterocycles. The van der Waals surface area contributed by atoms with E-state index in [9.17, 15) is 9.59 Å². The van der Waals surface area contributed by atoms with E-state index in [0.29, 0.717) is 12.8 Å². The summed E-state index contributed by atoms with van der Waals surface area (Å²) in [6.07, 6.45) is 2.80. The Morgan fingerprint density at radius 3 is 1.50 bits per heavy atom. The normalized spacial score (nSPS) is 21.1. The molecule has 2 atom stereocenters. The molecule has 0 bridgehead atoms. The van der Waals surface area contributed by atoms with E-state index in [2.05, 4.69) is 10.9 Å². The lowest BCUT2D eigenvalue weighted by Crippen LogP contribution is -2.43. The third-order valence-corrected chi connectivity index (χ3v) is 3.38. The topological polar surface area (TPSA) is 116 Å². The van der Waals surface area contributed by atoms with Gasteiger partial charge >= 0.3 is 0 Å². The predicted molar refractivity (Wildman–Crippen MR) is 73.9 cm³/mol. The molecule has 0 aromatic rings. The molecule has 8 nitrogen and oxygen atoms in total. The van der Waals surface area contributed by atoms with E-state index in [4.69, 9.17) is 11.5 Å². The van der Waals surface area contributed by atoms with Gasteiger partial charge in [0.25, 0.3) is 11.8 Å². The minimum atomic E-state index is -0.488. The standard InChI is InChI=1S/C12H24N6O2/c13-9(11(19)15-17-5-6-17)3-1-2-4-10(14)12(20)16-18-7-8-18/h9-10H,1-8,13-14H2,(H,15,19)(H,16,20). The average Bonchev–Trinajstić information content (AvgIpc) is 3.29. The quantitative estimate of drug-likeness (QED) is 0.284. The van der Waals surface area contributed by atoms with Crippen LogP contribution >= 0.6 is 0 Å². The summed E-state index contributed by atoms with van der Waals surface area (Å²) in [5, 5.41) is 3.63. The second-order valence-electron chi connectivity index (χ2n) is 5.42. The van der Waals surface area contributed by atoms with Gasteiger partial charge in [-0.2, -0.15) is 0 Å². The first-order valence-electron chi connectivity index (χ1n) is 7.18. The van der Waals surface area contributed by atoms with E-state index in [0.717, 1.165) is 39.0 Å². The van der Waals surface area contributed by atoms with E-state index >= 15 is 0 Å². The highest BCUT2D eigenvalue weighted by Gasteiger charge is 2.24. The molecule has 6 N–H and O–H groups in total. The van der Waals surface area contributed by atoms with Crippen molar-refractivity contribution in [3.63, 3.8) is 0 Å². The van der Waals surface area contributed by atoms with Crippen molar-refractivity contribution in [1.82, 2.24) is 20.9 Å². The fourth-order valence-corrected chi connectivity index (χ4v) is 1.79. The Hall–Kier alpha value is -1.22. The first-order chi connectivity index (χ1) is 9.56. The number of nitrogens with one attached hydrogen (secondary N) is 2. The smallest absolute Gasteiger partial charge is 0.251 e. The molecule has 0 saturated carbocycles. The van der Waals surface area contributed by atoms with E-state index in [1.54, 1.807) is 0 Å². The molecule has 0 radical (unpaired) electrons. The zero-order chi connectivity index (χ0) is 14.5. The van der Waals surface area contributed by atoms with Crippen molar-refractivity contribution in [1.29, 1.82) is 0 Å². The van der Waals surface area contributed by atoms with Crippen molar-refractivity contribution in [2.75, 3.05) is 26.2 Å². The van der Waals surface area contributed by atoms with Crippen LogP contribution in [0.1, 0.15) is 25.7 Å². The highest BCUT2D eigenvalue weighted by molar-refractivity contribution is 5.81. The van der Waals surface area contributed by atoms with Crippen LogP contribution in [-0.4, -0.2) is 60.1 Å². The minimum absolute atomic E-state index is 0.133. The molecular weight excluding hydrogens is 260 g/mol. The van der Waals surface area contributed by atoms with E-state index < -0.39 is 12.1 Å². The molecule has 2 heterocycles. The molecule has 0 aliphatic carbocycles. The van der Waals surface area contributed by atoms with Crippen LogP contribution in [0.15, 0.2) is 0 Å². The van der Waals surface area contributed by atoms with Crippen molar-refractivity contribution in [3.05, 3.63) is 0 Å². The lowest BCUT2D eigenvalue weighted by atomic mass is 10.1. The van der Waals surface area contributed by atoms with Crippen molar-refractivity contribution in [3.8, 4) is 0 Å². The molecule has 20 heavy (non-hydrogen) atoms. The number of hydrogen-bond donors (Lipinski definition) is 4. The van der Waals surface area contributed by atoms with Gasteiger partial charge in [-0.3, -0.25) is 20.4 Å². The molecule has 2 aliphatic rings. The van der Waals surface area contributed by atoms with E-state index in [1.165, 1.54) is 0 Å². The van der Waals surface area contributed by atoms with Crippen LogP contribution in [0.5, 0.6) is 0 Å². The maximum absolute atomic E-state index is 11.6. The zero-order valence-electron chi connectivity index (χ0n) is 11.7. The van der Waals surface area contributed by atoms with Crippen LogP contribution in [0.25, 0.3) is 0 Å². The fraction of sp³-hybridized carbons (Fsp3) is 0.833. The summed E-state index contributed by atoms with van der Waals surface area (Å²) in [5.74, 6) is -0.267. The van der Waals surface area contributed by atoms with E-state index in [-0.39, 0.29) is 11.8 Å². The Morgan fingerprint density at radius 1 is 0.850 bits per heavy atom. The summed E-state index contributed by atoms with van der Waals surface area (Å²) in [7, 11) is 0. The number of hydrogen-bond acceptors (Lipinski definition) is 6. The second kappa shape index (κ2) is 6.98. The summed E-state index contributed by atoms with van der Waals surface area (Å²) in [5.41, 5.74) is 17.0. The molecule has 0 aromatic heterocycles. The average molecular weight is 284 g/mol. The Balaban J connectivity index is 1.50. The summed E-state index contributed by atoms with van der Waals surface area (Å²) in [4.78, 5) is 23.2. The van der Waals surface area contributed by atoms with Gasteiger partial charge in [-0.25, -0.2) is 10.0 Å². The van der Waals surface area contributed by atoms with Gasteiger partial charge in [0.2, 0.25) is 0 Å². The number of nitrogens with two attached hydrogens (primary N) is 2.